The second kappa shape index (κ2) is 5.93. The summed E-state index contributed by atoms with van der Waals surface area (Å²) in [7, 11) is 0. The highest BCUT2D eigenvalue weighted by atomic mass is 16.5. The Labute approximate surface area is 113 Å². The van der Waals surface area contributed by atoms with Gasteiger partial charge < -0.3 is 20.7 Å². The van der Waals surface area contributed by atoms with E-state index in [0.717, 1.165) is 16.9 Å². The zero-order valence-electron chi connectivity index (χ0n) is 11.5. The molecule has 19 heavy (non-hydrogen) atoms. The Morgan fingerprint density at radius 1 is 1.53 bits per heavy atom. The minimum Gasteiger partial charge on any atom is -0.399 e. The number of nitrogens with one attached hydrogen (secondary N) is 1. The van der Waals surface area contributed by atoms with Crippen molar-refractivity contribution in [3.63, 3.8) is 0 Å². The second-order valence-electron chi connectivity index (χ2n) is 4.78. The number of carbonyl (C=O) groups excluding carboxylic acids is 1. The van der Waals surface area contributed by atoms with Crippen molar-refractivity contribution in [1.29, 1.82) is 0 Å². The molecule has 1 unspecified atom stereocenters. The molecule has 1 saturated heterocycles. The van der Waals surface area contributed by atoms with Gasteiger partial charge in [-0.25, -0.2) is 0 Å². The number of aryl methyl sites for hydroxylation is 1. The lowest BCUT2D eigenvalue weighted by Crippen LogP contribution is -2.54. The van der Waals surface area contributed by atoms with Crippen LogP contribution in [0.1, 0.15) is 12.5 Å². The fraction of sp³-hybridized carbons (Fsp3) is 0.500. The number of morpholine rings is 1. The Hall–Kier alpha value is -1.75. The minimum absolute atomic E-state index is 0.00211. The van der Waals surface area contributed by atoms with Crippen molar-refractivity contribution >= 4 is 17.3 Å². The average molecular weight is 263 g/mol. The number of amides is 1. The molecule has 0 radical (unpaired) electrons. The van der Waals surface area contributed by atoms with Crippen molar-refractivity contribution in [2.75, 3.05) is 36.9 Å². The molecule has 1 aliphatic rings. The summed E-state index contributed by atoms with van der Waals surface area (Å²) in [6.45, 7) is 6.28. The van der Waals surface area contributed by atoms with Crippen molar-refractivity contribution in [2.45, 2.75) is 19.9 Å². The maximum atomic E-state index is 12.1. The van der Waals surface area contributed by atoms with Gasteiger partial charge in [-0.05, 0) is 37.6 Å². The summed E-state index contributed by atoms with van der Waals surface area (Å²) < 4.78 is 5.43. The number of rotatable bonds is 3. The zero-order valence-corrected chi connectivity index (χ0v) is 11.5. The molecule has 3 N–H and O–H groups in total. The molecule has 0 aromatic heterocycles. The van der Waals surface area contributed by atoms with Gasteiger partial charge in [0.25, 0.3) is 0 Å². The molecule has 1 heterocycles. The Morgan fingerprint density at radius 3 is 3.00 bits per heavy atom. The normalized spacial score (nSPS) is 19.3. The largest absolute Gasteiger partial charge is 0.399 e. The van der Waals surface area contributed by atoms with Crippen LogP contribution in [-0.4, -0.2) is 38.3 Å². The highest BCUT2D eigenvalue weighted by molar-refractivity contribution is 5.86. The molecule has 1 amide bonds. The number of nitrogens with zero attached hydrogens (tertiary/aromatic N) is 1. The Balaban J connectivity index is 2.25. The van der Waals surface area contributed by atoms with Crippen molar-refractivity contribution in [2.24, 2.45) is 0 Å². The van der Waals surface area contributed by atoms with Crippen LogP contribution >= 0.6 is 0 Å². The van der Waals surface area contributed by atoms with Crippen LogP contribution in [0.2, 0.25) is 0 Å². The number of hydrogen-bond acceptors (Lipinski definition) is 4. The number of nitrogens with two attached hydrogens (primary N) is 1. The molecular weight excluding hydrogens is 242 g/mol. The summed E-state index contributed by atoms with van der Waals surface area (Å²) in [6.07, 6.45) is 0. The van der Waals surface area contributed by atoms with Crippen LogP contribution in [0.5, 0.6) is 0 Å². The summed E-state index contributed by atoms with van der Waals surface area (Å²) in [5.41, 5.74) is 8.68. The molecule has 2 rings (SSSR count). The van der Waals surface area contributed by atoms with Gasteiger partial charge in [0.15, 0.2) is 0 Å². The Kier molecular flexibility index (Phi) is 4.27. The number of carbonyl (C=O) groups is 1. The van der Waals surface area contributed by atoms with E-state index in [4.69, 9.17) is 10.5 Å². The molecule has 0 saturated carbocycles. The Morgan fingerprint density at radius 2 is 2.32 bits per heavy atom. The summed E-state index contributed by atoms with van der Waals surface area (Å²) in [4.78, 5) is 14.2. The quantitative estimate of drug-likeness (QED) is 0.796. The van der Waals surface area contributed by atoms with Crippen molar-refractivity contribution < 1.29 is 9.53 Å². The van der Waals surface area contributed by atoms with Gasteiger partial charge in [-0.1, -0.05) is 0 Å². The summed E-state index contributed by atoms with van der Waals surface area (Å²) >= 11 is 0. The van der Waals surface area contributed by atoms with E-state index < -0.39 is 0 Å². The number of hydrogen-bond donors (Lipinski definition) is 2. The van der Waals surface area contributed by atoms with Crippen LogP contribution in [0, 0.1) is 6.92 Å². The first kappa shape index (κ1) is 13.7. The maximum Gasteiger partial charge on any atom is 0.245 e. The molecule has 0 aliphatic carbocycles. The number of likely N-dealkylation sites (N-methyl/N-ethyl adjacent to an activating group) is 1. The van der Waals surface area contributed by atoms with E-state index in [1.165, 1.54) is 0 Å². The van der Waals surface area contributed by atoms with Crippen LogP contribution in [0.3, 0.4) is 0 Å². The molecule has 1 aromatic rings. The van der Waals surface area contributed by atoms with E-state index in [2.05, 4.69) is 10.2 Å². The molecule has 5 nitrogen and oxygen atoms in total. The molecule has 1 aliphatic heterocycles. The fourth-order valence-electron chi connectivity index (χ4n) is 2.38. The zero-order chi connectivity index (χ0) is 13.8. The third-order valence-electron chi connectivity index (χ3n) is 3.20. The van der Waals surface area contributed by atoms with Crippen molar-refractivity contribution in [1.82, 2.24) is 5.32 Å². The van der Waals surface area contributed by atoms with Crippen LogP contribution in [0.25, 0.3) is 0 Å². The first-order valence-electron chi connectivity index (χ1n) is 6.61. The molecule has 0 bridgehead atoms. The molecule has 1 atom stereocenters. The lowest BCUT2D eigenvalue weighted by atomic mass is 10.1. The topological polar surface area (TPSA) is 67.6 Å². The van der Waals surface area contributed by atoms with E-state index in [1.807, 2.05) is 32.0 Å². The van der Waals surface area contributed by atoms with Gasteiger partial charge in [0.05, 0.1) is 13.2 Å². The molecule has 104 valence electrons. The van der Waals surface area contributed by atoms with Gasteiger partial charge in [0.1, 0.15) is 6.04 Å². The first-order valence-corrected chi connectivity index (χ1v) is 6.61. The first-order chi connectivity index (χ1) is 9.11. The van der Waals surface area contributed by atoms with E-state index in [0.29, 0.717) is 26.3 Å². The van der Waals surface area contributed by atoms with E-state index in [1.54, 1.807) is 0 Å². The Bertz CT molecular complexity index is 442. The maximum absolute atomic E-state index is 12.1. The van der Waals surface area contributed by atoms with E-state index >= 15 is 0 Å². The minimum atomic E-state index is -0.283. The molecular formula is C14H21N3O2. The standard InChI is InChI=1S/C14H21N3O2/c1-3-16-14(18)13-9-19-5-4-17(13)12-7-10(2)6-11(15)8-12/h6-8,13H,3-5,9,15H2,1-2H3,(H,16,18). The predicted octanol–water partition coefficient (Wildman–Crippen LogP) is 0.919. The van der Waals surface area contributed by atoms with Gasteiger partial charge in [-0.15, -0.1) is 0 Å². The second-order valence-corrected chi connectivity index (χ2v) is 4.78. The third kappa shape index (κ3) is 3.17. The van der Waals surface area contributed by atoms with Crippen LogP contribution in [-0.2, 0) is 9.53 Å². The van der Waals surface area contributed by atoms with Crippen LogP contribution in [0.4, 0.5) is 11.4 Å². The highest BCUT2D eigenvalue weighted by Gasteiger charge is 2.29. The summed E-state index contributed by atoms with van der Waals surface area (Å²) in [6, 6.07) is 5.60. The average Bonchev–Trinajstić information content (AvgIpc) is 2.38. The smallest absolute Gasteiger partial charge is 0.245 e. The van der Waals surface area contributed by atoms with Crippen molar-refractivity contribution in [3.05, 3.63) is 23.8 Å². The number of ether oxygens (including phenoxy) is 1. The van der Waals surface area contributed by atoms with Crippen molar-refractivity contribution in [3.8, 4) is 0 Å². The summed E-state index contributed by atoms with van der Waals surface area (Å²) in [5, 5.41) is 2.85. The number of anilines is 2. The van der Waals surface area contributed by atoms with Crippen LogP contribution < -0.4 is 16.0 Å². The molecule has 1 aromatic carbocycles. The van der Waals surface area contributed by atoms with E-state index in [-0.39, 0.29) is 11.9 Å². The summed E-state index contributed by atoms with van der Waals surface area (Å²) in [5.74, 6) is 0.00211. The molecule has 0 spiro atoms. The van der Waals surface area contributed by atoms with Crippen LogP contribution in [0.15, 0.2) is 18.2 Å². The SMILES string of the molecule is CCNC(=O)C1COCCN1c1cc(C)cc(N)c1. The molecule has 1 fully saturated rings. The van der Waals surface area contributed by atoms with Gasteiger partial charge >= 0.3 is 0 Å². The monoisotopic (exact) mass is 263 g/mol. The van der Waals surface area contributed by atoms with Gasteiger partial charge in [-0.2, -0.15) is 0 Å². The third-order valence-corrected chi connectivity index (χ3v) is 3.20. The lowest BCUT2D eigenvalue weighted by molar-refractivity contribution is -0.124. The van der Waals surface area contributed by atoms with Gasteiger partial charge in [0, 0.05) is 24.5 Å². The highest BCUT2D eigenvalue weighted by Crippen LogP contribution is 2.24. The predicted molar refractivity (Wildman–Crippen MR) is 76.2 cm³/mol. The van der Waals surface area contributed by atoms with Gasteiger partial charge in [-0.3, -0.25) is 4.79 Å². The van der Waals surface area contributed by atoms with E-state index in [9.17, 15) is 4.79 Å². The molecule has 5 heteroatoms. The fourth-order valence-corrected chi connectivity index (χ4v) is 2.38. The number of benzene rings is 1. The van der Waals surface area contributed by atoms with Gasteiger partial charge in [0.2, 0.25) is 5.91 Å². The number of nitrogen functional groups attached to an aromatic ring is 1. The lowest BCUT2D eigenvalue weighted by Gasteiger charge is -2.36.